The van der Waals surface area contributed by atoms with Crippen molar-refractivity contribution in [2.24, 2.45) is 0 Å². The maximum Gasteiger partial charge on any atom is 0.0727 e. The van der Waals surface area contributed by atoms with Crippen LogP contribution < -0.4 is 10.6 Å². The largest absolute Gasteiger partial charge is 0.398 e. The second kappa shape index (κ2) is 5.21. The van der Waals surface area contributed by atoms with Crippen LogP contribution in [0.4, 0.5) is 11.4 Å². The van der Waals surface area contributed by atoms with Crippen molar-refractivity contribution in [1.29, 1.82) is 0 Å². The van der Waals surface area contributed by atoms with Gasteiger partial charge in [0.15, 0.2) is 0 Å². The van der Waals surface area contributed by atoms with Crippen molar-refractivity contribution in [3.63, 3.8) is 0 Å². The highest BCUT2D eigenvalue weighted by molar-refractivity contribution is 5.93. The van der Waals surface area contributed by atoms with Gasteiger partial charge in [-0.25, -0.2) is 0 Å². The molecule has 112 valence electrons. The number of anilines is 2. The third-order valence-corrected chi connectivity index (χ3v) is 4.31. The number of nitrogen functional groups attached to an aromatic ring is 1. The van der Waals surface area contributed by atoms with Crippen LogP contribution >= 0.6 is 0 Å². The molecule has 0 saturated carbocycles. The third kappa shape index (κ3) is 2.82. The first-order valence-corrected chi connectivity index (χ1v) is 7.91. The number of rotatable bonds is 1. The number of hydrogen-bond acceptors (Lipinski definition) is 3. The highest BCUT2D eigenvalue weighted by Gasteiger charge is 2.18. The first-order chi connectivity index (χ1) is 9.95. The van der Waals surface area contributed by atoms with E-state index in [4.69, 9.17) is 10.7 Å². The average Bonchev–Trinajstić information content (AvgIpc) is 2.47. The van der Waals surface area contributed by atoms with E-state index in [1.54, 1.807) is 0 Å². The lowest BCUT2D eigenvalue weighted by atomic mass is 9.91. The van der Waals surface area contributed by atoms with Gasteiger partial charge < -0.3 is 10.6 Å². The van der Waals surface area contributed by atoms with Crippen molar-refractivity contribution < 1.29 is 0 Å². The van der Waals surface area contributed by atoms with Crippen LogP contribution in [-0.2, 0) is 5.41 Å². The minimum absolute atomic E-state index is 0.0217. The van der Waals surface area contributed by atoms with Gasteiger partial charge in [0.2, 0.25) is 0 Å². The molecule has 2 N–H and O–H groups in total. The Kier molecular flexibility index (Phi) is 3.52. The number of pyridine rings is 1. The molecule has 1 saturated heterocycles. The van der Waals surface area contributed by atoms with E-state index in [1.165, 1.54) is 24.9 Å². The molecule has 1 aliphatic rings. The molecule has 0 unspecified atom stereocenters. The maximum absolute atomic E-state index is 6.29. The molecule has 1 aromatic carbocycles. The summed E-state index contributed by atoms with van der Waals surface area (Å²) in [6.45, 7) is 8.81. The van der Waals surface area contributed by atoms with Crippen LogP contribution in [0.3, 0.4) is 0 Å². The van der Waals surface area contributed by atoms with Gasteiger partial charge in [0.1, 0.15) is 0 Å². The Hall–Kier alpha value is -1.77. The second-order valence-corrected chi connectivity index (χ2v) is 7.10. The molecule has 0 amide bonds. The van der Waals surface area contributed by atoms with Crippen LogP contribution in [0.2, 0.25) is 0 Å². The molecule has 3 nitrogen and oxygen atoms in total. The molecule has 1 aliphatic heterocycles. The summed E-state index contributed by atoms with van der Waals surface area (Å²) in [7, 11) is 0. The summed E-state index contributed by atoms with van der Waals surface area (Å²) in [5, 5.41) is 1.08. The molecule has 0 atom stereocenters. The zero-order valence-electron chi connectivity index (χ0n) is 13.3. The van der Waals surface area contributed by atoms with E-state index < -0.39 is 0 Å². The summed E-state index contributed by atoms with van der Waals surface area (Å²) in [4.78, 5) is 7.25. The fourth-order valence-electron chi connectivity index (χ4n) is 2.97. The Morgan fingerprint density at radius 3 is 2.43 bits per heavy atom. The van der Waals surface area contributed by atoms with Crippen LogP contribution in [0.5, 0.6) is 0 Å². The Labute approximate surface area is 127 Å². The number of nitrogens with two attached hydrogens (primary N) is 1. The molecule has 3 heteroatoms. The molecule has 1 fully saturated rings. The zero-order chi connectivity index (χ0) is 15.0. The van der Waals surface area contributed by atoms with Crippen molar-refractivity contribution in [2.45, 2.75) is 45.4 Å². The van der Waals surface area contributed by atoms with E-state index in [-0.39, 0.29) is 5.41 Å². The van der Waals surface area contributed by atoms with Crippen LogP contribution in [0.15, 0.2) is 24.3 Å². The van der Waals surface area contributed by atoms with Crippen LogP contribution in [0.1, 0.15) is 45.7 Å². The van der Waals surface area contributed by atoms with Crippen LogP contribution in [-0.4, -0.2) is 18.1 Å². The minimum Gasteiger partial charge on any atom is -0.398 e. The lowest BCUT2D eigenvalue weighted by Crippen LogP contribution is -2.29. The molecule has 21 heavy (non-hydrogen) atoms. The van der Waals surface area contributed by atoms with Gasteiger partial charge in [0, 0.05) is 41.0 Å². The van der Waals surface area contributed by atoms with Crippen molar-refractivity contribution in [3.05, 3.63) is 30.0 Å². The lowest BCUT2D eigenvalue weighted by molar-refractivity contribution is 0.571. The Bertz CT molecular complexity index is 649. The molecule has 0 radical (unpaired) electrons. The maximum atomic E-state index is 6.29. The molecular weight excluding hydrogens is 258 g/mol. The van der Waals surface area contributed by atoms with E-state index in [2.05, 4.69) is 43.9 Å². The fourth-order valence-corrected chi connectivity index (χ4v) is 2.97. The quantitative estimate of drug-likeness (QED) is 0.856. The summed E-state index contributed by atoms with van der Waals surface area (Å²) >= 11 is 0. The Balaban J connectivity index is 2.04. The monoisotopic (exact) mass is 283 g/mol. The van der Waals surface area contributed by atoms with E-state index in [1.807, 2.05) is 6.07 Å². The van der Waals surface area contributed by atoms with Gasteiger partial charge in [-0.15, -0.1) is 0 Å². The molecule has 0 aliphatic carbocycles. The highest BCUT2D eigenvalue weighted by atomic mass is 15.1. The van der Waals surface area contributed by atoms with Crippen molar-refractivity contribution >= 4 is 22.3 Å². The van der Waals surface area contributed by atoms with Gasteiger partial charge in [0.25, 0.3) is 0 Å². The van der Waals surface area contributed by atoms with Gasteiger partial charge in [-0.05, 0) is 43.5 Å². The van der Waals surface area contributed by atoms with Gasteiger partial charge in [-0.1, -0.05) is 20.8 Å². The number of fused-ring (bicyclic) bond motifs is 1. The first-order valence-electron chi connectivity index (χ1n) is 7.91. The number of hydrogen-bond donors (Lipinski definition) is 1. The first kappa shape index (κ1) is 14.2. The van der Waals surface area contributed by atoms with E-state index in [0.29, 0.717) is 0 Å². The number of nitrogens with zero attached hydrogens (tertiary/aromatic N) is 2. The lowest BCUT2D eigenvalue weighted by Gasteiger charge is -2.29. The van der Waals surface area contributed by atoms with Crippen LogP contribution in [0, 0.1) is 0 Å². The van der Waals surface area contributed by atoms with Gasteiger partial charge in [0.05, 0.1) is 5.52 Å². The zero-order valence-corrected chi connectivity index (χ0v) is 13.3. The Morgan fingerprint density at radius 2 is 1.76 bits per heavy atom. The molecule has 2 heterocycles. The summed E-state index contributed by atoms with van der Waals surface area (Å²) < 4.78 is 0. The Morgan fingerprint density at radius 1 is 1.05 bits per heavy atom. The summed E-state index contributed by atoms with van der Waals surface area (Å²) in [5.74, 6) is 0. The van der Waals surface area contributed by atoms with Crippen molar-refractivity contribution in [1.82, 2.24) is 4.98 Å². The number of piperidine rings is 1. The predicted molar refractivity (Wildman–Crippen MR) is 90.9 cm³/mol. The standard InChI is InChI=1S/C18H25N3/c1-18(2,3)17-12-15(19)14-11-13(7-8-16(14)20-17)21-9-5-4-6-10-21/h7-8,11-12H,4-6,9-10H2,1-3H3,(H2,19,20). The van der Waals surface area contributed by atoms with Crippen molar-refractivity contribution in [2.75, 3.05) is 23.7 Å². The summed E-state index contributed by atoms with van der Waals surface area (Å²) in [6.07, 6.45) is 3.92. The summed E-state index contributed by atoms with van der Waals surface area (Å²) in [5.41, 5.74) is 10.5. The molecular formula is C18H25N3. The predicted octanol–water partition coefficient (Wildman–Crippen LogP) is 4.10. The number of benzene rings is 1. The molecule has 3 rings (SSSR count). The normalized spacial score (nSPS) is 16.4. The number of aromatic nitrogens is 1. The minimum atomic E-state index is 0.0217. The van der Waals surface area contributed by atoms with Gasteiger partial charge in [-0.3, -0.25) is 4.98 Å². The SMILES string of the molecule is CC(C)(C)c1cc(N)c2cc(N3CCCCC3)ccc2n1. The fraction of sp³-hybridized carbons (Fsp3) is 0.500. The summed E-state index contributed by atoms with van der Waals surface area (Å²) in [6, 6.07) is 8.54. The van der Waals surface area contributed by atoms with Gasteiger partial charge in [-0.2, -0.15) is 0 Å². The third-order valence-electron chi connectivity index (χ3n) is 4.31. The van der Waals surface area contributed by atoms with E-state index in [9.17, 15) is 0 Å². The van der Waals surface area contributed by atoms with Crippen LogP contribution in [0.25, 0.3) is 10.9 Å². The molecule has 2 aromatic rings. The molecule has 0 bridgehead atoms. The highest BCUT2D eigenvalue weighted by Crippen LogP contribution is 2.31. The smallest absolute Gasteiger partial charge is 0.0727 e. The van der Waals surface area contributed by atoms with Gasteiger partial charge >= 0.3 is 0 Å². The topological polar surface area (TPSA) is 42.1 Å². The second-order valence-electron chi connectivity index (χ2n) is 7.10. The molecule has 0 spiro atoms. The van der Waals surface area contributed by atoms with E-state index >= 15 is 0 Å². The van der Waals surface area contributed by atoms with E-state index in [0.717, 1.165) is 35.4 Å². The molecule has 1 aromatic heterocycles. The van der Waals surface area contributed by atoms with Crippen molar-refractivity contribution in [3.8, 4) is 0 Å². The average molecular weight is 283 g/mol.